The van der Waals surface area contributed by atoms with Crippen molar-refractivity contribution in [2.24, 2.45) is 11.7 Å². The summed E-state index contributed by atoms with van der Waals surface area (Å²) in [7, 11) is 0. The number of benzene rings is 1. The molecule has 102 valence electrons. The average molecular weight is 274 g/mol. The third-order valence-electron chi connectivity index (χ3n) is 2.71. The lowest BCUT2D eigenvalue weighted by atomic mass is 10.0. The second-order valence-electron chi connectivity index (χ2n) is 3.93. The van der Waals surface area contributed by atoms with Crippen molar-refractivity contribution in [2.75, 3.05) is 6.61 Å². The smallest absolute Gasteiger partial charge is 0.306 e. The van der Waals surface area contributed by atoms with Gasteiger partial charge in [-0.3, -0.25) is 4.79 Å². The van der Waals surface area contributed by atoms with Crippen LogP contribution in [0.1, 0.15) is 25.3 Å². The van der Waals surface area contributed by atoms with Crippen molar-refractivity contribution < 1.29 is 14.6 Å². The van der Waals surface area contributed by atoms with E-state index in [1.807, 2.05) is 31.2 Å². The van der Waals surface area contributed by atoms with Gasteiger partial charge in [0.1, 0.15) is 5.75 Å². The topological polar surface area (TPSA) is 72.5 Å². The van der Waals surface area contributed by atoms with Gasteiger partial charge in [0.15, 0.2) is 0 Å². The Hall–Kier alpha value is -1.26. The molecule has 0 saturated heterocycles. The first kappa shape index (κ1) is 16.7. The fourth-order valence-corrected chi connectivity index (χ4v) is 1.58. The molecule has 1 aromatic carbocycles. The molecule has 0 aromatic heterocycles. The zero-order valence-corrected chi connectivity index (χ0v) is 11.3. The van der Waals surface area contributed by atoms with Crippen molar-refractivity contribution in [3.63, 3.8) is 0 Å². The fourth-order valence-electron chi connectivity index (χ4n) is 1.58. The van der Waals surface area contributed by atoms with E-state index in [4.69, 9.17) is 15.6 Å². The standard InChI is InChI=1S/C13H19NO3.ClH/c1-2-11(13(15)16)6-7-17-12-5-3-4-10(8-12)9-14;/h3-5,8,11H,2,6-7,9,14H2,1H3,(H,15,16);1H. The van der Waals surface area contributed by atoms with Crippen LogP contribution in [0.25, 0.3) is 0 Å². The molecule has 3 N–H and O–H groups in total. The first-order valence-electron chi connectivity index (χ1n) is 5.82. The molecule has 0 aliphatic rings. The number of nitrogens with two attached hydrogens (primary N) is 1. The highest BCUT2D eigenvalue weighted by Gasteiger charge is 2.14. The van der Waals surface area contributed by atoms with Crippen LogP contribution in [0.15, 0.2) is 24.3 Å². The lowest BCUT2D eigenvalue weighted by Gasteiger charge is -2.11. The molecule has 18 heavy (non-hydrogen) atoms. The van der Waals surface area contributed by atoms with E-state index in [1.54, 1.807) is 0 Å². The molecule has 4 nitrogen and oxygen atoms in total. The predicted molar refractivity (Wildman–Crippen MR) is 73.1 cm³/mol. The summed E-state index contributed by atoms with van der Waals surface area (Å²) < 4.78 is 5.51. The number of hydrogen-bond donors (Lipinski definition) is 2. The van der Waals surface area contributed by atoms with Crippen LogP contribution < -0.4 is 10.5 Å². The number of rotatable bonds is 7. The van der Waals surface area contributed by atoms with Crippen LogP contribution in [0, 0.1) is 5.92 Å². The molecule has 1 rings (SSSR count). The number of hydrogen-bond acceptors (Lipinski definition) is 3. The van der Waals surface area contributed by atoms with Crippen LogP contribution in [-0.4, -0.2) is 17.7 Å². The van der Waals surface area contributed by atoms with Crippen LogP contribution in [0.3, 0.4) is 0 Å². The van der Waals surface area contributed by atoms with Crippen molar-refractivity contribution in [3.05, 3.63) is 29.8 Å². The van der Waals surface area contributed by atoms with E-state index in [9.17, 15) is 4.79 Å². The van der Waals surface area contributed by atoms with E-state index < -0.39 is 5.97 Å². The number of carboxylic acids is 1. The molecule has 0 aliphatic carbocycles. The van der Waals surface area contributed by atoms with Gasteiger partial charge < -0.3 is 15.6 Å². The molecule has 0 radical (unpaired) electrons. The Morgan fingerprint density at radius 3 is 2.78 bits per heavy atom. The van der Waals surface area contributed by atoms with Crippen LogP contribution in [0.4, 0.5) is 0 Å². The summed E-state index contributed by atoms with van der Waals surface area (Å²) in [5.41, 5.74) is 6.53. The lowest BCUT2D eigenvalue weighted by molar-refractivity contribution is -0.142. The Labute approximate surface area is 114 Å². The molecule has 1 aromatic rings. The zero-order chi connectivity index (χ0) is 12.7. The summed E-state index contributed by atoms with van der Waals surface area (Å²) >= 11 is 0. The maximum atomic E-state index is 10.8. The van der Waals surface area contributed by atoms with Gasteiger partial charge in [-0.1, -0.05) is 19.1 Å². The van der Waals surface area contributed by atoms with Gasteiger partial charge in [-0.2, -0.15) is 0 Å². The minimum absolute atomic E-state index is 0. The van der Waals surface area contributed by atoms with Crippen LogP contribution in [0.5, 0.6) is 5.75 Å². The van der Waals surface area contributed by atoms with Crippen molar-refractivity contribution in [3.8, 4) is 5.75 Å². The summed E-state index contributed by atoms with van der Waals surface area (Å²) in [6.45, 7) is 2.76. The van der Waals surface area contributed by atoms with E-state index in [2.05, 4.69) is 0 Å². The van der Waals surface area contributed by atoms with Crippen molar-refractivity contribution in [1.82, 2.24) is 0 Å². The van der Waals surface area contributed by atoms with E-state index in [0.717, 1.165) is 11.3 Å². The van der Waals surface area contributed by atoms with E-state index in [0.29, 0.717) is 26.0 Å². The summed E-state index contributed by atoms with van der Waals surface area (Å²) in [5.74, 6) is -0.340. The number of carboxylic acid groups (broad SMARTS) is 1. The van der Waals surface area contributed by atoms with Crippen LogP contribution in [-0.2, 0) is 11.3 Å². The highest BCUT2D eigenvalue weighted by molar-refractivity contribution is 5.85. The second-order valence-corrected chi connectivity index (χ2v) is 3.93. The van der Waals surface area contributed by atoms with E-state index in [1.165, 1.54) is 0 Å². The highest BCUT2D eigenvalue weighted by Crippen LogP contribution is 2.15. The largest absolute Gasteiger partial charge is 0.494 e. The number of ether oxygens (including phenoxy) is 1. The molecule has 0 saturated carbocycles. The molecule has 0 spiro atoms. The number of carbonyl (C=O) groups is 1. The quantitative estimate of drug-likeness (QED) is 0.800. The van der Waals surface area contributed by atoms with Crippen molar-refractivity contribution >= 4 is 18.4 Å². The van der Waals surface area contributed by atoms with Gasteiger partial charge in [0.05, 0.1) is 12.5 Å². The third kappa shape index (κ3) is 5.38. The number of halogens is 1. The SMILES string of the molecule is CCC(CCOc1cccc(CN)c1)C(=O)O.Cl. The molecule has 0 aliphatic heterocycles. The molecular weight excluding hydrogens is 254 g/mol. The Balaban J connectivity index is 0.00000289. The molecule has 5 heteroatoms. The average Bonchev–Trinajstić information content (AvgIpc) is 2.34. The first-order valence-corrected chi connectivity index (χ1v) is 5.82. The normalized spacial score (nSPS) is 11.4. The van der Waals surface area contributed by atoms with Gasteiger partial charge in [0, 0.05) is 6.54 Å². The molecule has 1 atom stereocenters. The fraction of sp³-hybridized carbons (Fsp3) is 0.462. The Bertz CT molecular complexity index is 371. The summed E-state index contributed by atoms with van der Waals surface area (Å²) in [6, 6.07) is 7.54. The van der Waals surface area contributed by atoms with Gasteiger partial charge in [-0.05, 0) is 30.5 Å². The maximum absolute atomic E-state index is 10.8. The van der Waals surface area contributed by atoms with E-state index >= 15 is 0 Å². The lowest BCUT2D eigenvalue weighted by Crippen LogP contribution is -2.16. The summed E-state index contributed by atoms with van der Waals surface area (Å²) in [5, 5.41) is 8.88. The molecule has 0 heterocycles. The Morgan fingerprint density at radius 2 is 2.22 bits per heavy atom. The second kappa shape index (κ2) is 8.78. The summed E-state index contributed by atoms with van der Waals surface area (Å²) in [6.07, 6.45) is 1.15. The molecule has 0 fully saturated rings. The van der Waals surface area contributed by atoms with Gasteiger partial charge in [-0.15, -0.1) is 12.4 Å². The van der Waals surface area contributed by atoms with Crippen LogP contribution >= 0.6 is 12.4 Å². The van der Waals surface area contributed by atoms with Crippen molar-refractivity contribution in [1.29, 1.82) is 0 Å². The molecule has 1 unspecified atom stereocenters. The van der Waals surface area contributed by atoms with Gasteiger partial charge in [-0.25, -0.2) is 0 Å². The highest BCUT2D eigenvalue weighted by atomic mass is 35.5. The van der Waals surface area contributed by atoms with Gasteiger partial charge >= 0.3 is 5.97 Å². The van der Waals surface area contributed by atoms with Crippen LogP contribution in [0.2, 0.25) is 0 Å². The Morgan fingerprint density at radius 1 is 1.50 bits per heavy atom. The minimum atomic E-state index is -0.758. The monoisotopic (exact) mass is 273 g/mol. The molecule has 0 amide bonds. The third-order valence-corrected chi connectivity index (χ3v) is 2.71. The van der Waals surface area contributed by atoms with Gasteiger partial charge in [0.2, 0.25) is 0 Å². The number of aliphatic carboxylic acids is 1. The Kier molecular flexibility index (Phi) is 8.16. The minimum Gasteiger partial charge on any atom is -0.494 e. The predicted octanol–water partition coefficient (Wildman–Crippen LogP) is 2.45. The summed E-state index contributed by atoms with van der Waals surface area (Å²) in [4.78, 5) is 10.8. The maximum Gasteiger partial charge on any atom is 0.306 e. The molecular formula is C13H20ClNO3. The van der Waals surface area contributed by atoms with Crippen molar-refractivity contribution in [2.45, 2.75) is 26.3 Å². The van der Waals surface area contributed by atoms with Gasteiger partial charge in [0.25, 0.3) is 0 Å². The molecule has 0 bridgehead atoms. The van der Waals surface area contributed by atoms with E-state index in [-0.39, 0.29) is 18.3 Å². The first-order chi connectivity index (χ1) is 8.17. The zero-order valence-electron chi connectivity index (χ0n) is 10.5.